The van der Waals surface area contributed by atoms with E-state index in [-0.39, 0.29) is 23.4 Å². The molecule has 6 nitrogen and oxygen atoms in total. The predicted octanol–water partition coefficient (Wildman–Crippen LogP) is 1.36. The normalized spacial score (nSPS) is 28.9. The molecule has 2 amide bonds. The minimum absolute atomic E-state index is 0.0152. The molecule has 0 aromatic carbocycles. The molecule has 1 heterocycles. The third kappa shape index (κ3) is 4.10. The van der Waals surface area contributed by atoms with Crippen molar-refractivity contribution in [3.63, 3.8) is 0 Å². The molecule has 0 bridgehead atoms. The van der Waals surface area contributed by atoms with Crippen molar-refractivity contribution >= 4 is 12.0 Å². The Balaban J connectivity index is 1.69. The van der Waals surface area contributed by atoms with Gasteiger partial charge < -0.3 is 20.5 Å². The van der Waals surface area contributed by atoms with Crippen LogP contribution in [0.4, 0.5) is 4.79 Å². The minimum atomic E-state index is -0.760. The molecule has 2 atom stereocenters. The van der Waals surface area contributed by atoms with Crippen molar-refractivity contribution in [3.05, 3.63) is 0 Å². The molecule has 2 aliphatic rings. The Labute approximate surface area is 119 Å². The van der Waals surface area contributed by atoms with Crippen molar-refractivity contribution in [3.8, 4) is 0 Å². The van der Waals surface area contributed by atoms with Crippen LogP contribution in [0.3, 0.4) is 0 Å². The highest BCUT2D eigenvalue weighted by Crippen LogP contribution is 2.29. The number of amides is 2. The van der Waals surface area contributed by atoms with Crippen molar-refractivity contribution in [2.75, 3.05) is 19.8 Å². The Morgan fingerprint density at radius 3 is 2.60 bits per heavy atom. The zero-order valence-electron chi connectivity index (χ0n) is 12.0. The standard InChI is InChI=1S/C14H24N2O4/c1-14(4-6-20-7-5-14)9-15-13(19)16-11-3-2-10(8-11)12(17)18/h10-11H,2-9H2,1H3,(H,17,18)(H2,15,16,19)/t10-,11+/m1/s1. The SMILES string of the molecule is CC1(CNC(=O)N[C@H]2CC[C@@H](C(=O)O)C2)CCOCC1. The molecule has 1 aliphatic carbocycles. The van der Waals surface area contributed by atoms with Crippen LogP contribution in [-0.4, -0.2) is 42.9 Å². The van der Waals surface area contributed by atoms with Gasteiger partial charge in [0, 0.05) is 25.8 Å². The van der Waals surface area contributed by atoms with E-state index in [2.05, 4.69) is 17.6 Å². The van der Waals surface area contributed by atoms with E-state index in [1.807, 2.05) is 0 Å². The summed E-state index contributed by atoms with van der Waals surface area (Å²) in [6, 6.07) is -0.202. The van der Waals surface area contributed by atoms with Crippen LogP contribution in [0.5, 0.6) is 0 Å². The molecule has 1 aliphatic heterocycles. The van der Waals surface area contributed by atoms with E-state index < -0.39 is 5.97 Å². The fourth-order valence-electron chi connectivity index (χ4n) is 2.91. The number of rotatable bonds is 4. The lowest BCUT2D eigenvalue weighted by Gasteiger charge is -2.33. The van der Waals surface area contributed by atoms with Gasteiger partial charge in [-0.3, -0.25) is 4.79 Å². The van der Waals surface area contributed by atoms with Gasteiger partial charge in [-0.2, -0.15) is 0 Å². The fourth-order valence-corrected chi connectivity index (χ4v) is 2.91. The van der Waals surface area contributed by atoms with Crippen molar-refractivity contribution in [2.45, 2.75) is 45.1 Å². The number of hydrogen-bond donors (Lipinski definition) is 3. The maximum Gasteiger partial charge on any atom is 0.315 e. The Morgan fingerprint density at radius 1 is 1.30 bits per heavy atom. The van der Waals surface area contributed by atoms with E-state index in [1.54, 1.807) is 0 Å². The van der Waals surface area contributed by atoms with Crippen LogP contribution in [0.1, 0.15) is 39.0 Å². The summed E-state index contributed by atoms with van der Waals surface area (Å²) in [7, 11) is 0. The zero-order chi connectivity index (χ0) is 14.6. The monoisotopic (exact) mass is 284 g/mol. The van der Waals surface area contributed by atoms with Gasteiger partial charge in [0.05, 0.1) is 5.92 Å². The number of carbonyl (C=O) groups is 2. The first-order valence-electron chi connectivity index (χ1n) is 7.33. The van der Waals surface area contributed by atoms with Crippen molar-refractivity contribution in [1.29, 1.82) is 0 Å². The topological polar surface area (TPSA) is 87.7 Å². The molecule has 0 radical (unpaired) electrons. The highest BCUT2D eigenvalue weighted by molar-refractivity contribution is 5.75. The lowest BCUT2D eigenvalue weighted by atomic mass is 9.82. The molecule has 0 spiro atoms. The summed E-state index contributed by atoms with van der Waals surface area (Å²) in [5.41, 5.74) is 0.106. The van der Waals surface area contributed by atoms with Gasteiger partial charge in [0.15, 0.2) is 0 Å². The number of aliphatic carboxylic acids is 1. The maximum absolute atomic E-state index is 11.9. The lowest BCUT2D eigenvalue weighted by Crippen LogP contribution is -2.46. The largest absolute Gasteiger partial charge is 0.481 e. The molecule has 1 saturated carbocycles. The summed E-state index contributed by atoms with van der Waals surface area (Å²) >= 11 is 0. The van der Waals surface area contributed by atoms with Gasteiger partial charge in [-0.05, 0) is 37.5 Å². The summed E-state index contributed by atoms with van der Waals surface area (Å²) in [5.74, 6) is -1.07. The molecule has 6 heteroatoms. The third-order valence-corrected chi connectivity index (χ3v) is 4.49. The molecule has 3 N–H and O–H groups in total. The number of nitrogens with one attached hydrogen (secondary N) is 2. The quantitative estimate of drug-likeness (QED) is 0.727. The molecular formula is C14H24N2O4. The number of carbonyl (C=O) groups excluding carboxylic acids is 1. The van der Waals surface area contributed by atoms with Crippen molar-refractivity contribution in [2.24, 2.45) is 11.3 Å². The number of carboxylic acid groups (broad SMARTS) is 1. The Hall–Kier alpha value is -1.30. The summed E-state index contributed by atoms with van der Waals surface area (Å²) in [6.45, 7) is 4.30. The first kappa shape index (κ1) is 15.1. The zero-order valence-corrected chi connectivity index (χ0v) is 12.0. The average molecular weight is 284 g/mol. The van der Waals surface area contributed by atoms with E-state index in [9.17, 15) is 9.59 Å². The molecular weight excluding hydrogens is 260 g/mol. The van der Waals surface area contributed by atoms with E-state index in [1.165, 1.54) is 0 Å². The Bertz CT molecular complexity index is 366. The molecule has 1 saturated heterocycles. The predicted molar refractivity (Wildman–Crippen MR) is 73.5 cm³/mol. The van der Waals surface area contributed by atoms with Gasteiger partial charge in [0.2, 0.25) is 0 Å². The molecule has 20 heavy (non-hydrogen) atoms. The first-order valence-corrected chi connectivity index (χ1v) is 7.33. The fraction of sp³-hybridized carbons (Fsp3) is 0.857. The van der Waals surface area contributed by atoms with Crippen LogP contribution in [0.15, 0.2) is 0 Å². The molecule has 114 valence electrons. The van der Waals surface area contributed by atoms with E-state index in [0.29, 0.717) is 19.4 Å². The van der Waals surface area contributed by atoms with Gasteiger partial charge in [-0.1, -0.05) is 6.92 Å². The molecule has 0 aromatic rings. The second-order valence-corrected chi connectivity index (χ2v) is 6.30. The van der Waals surface area contributed by atoms with Gasteiger partial charge in [-0.25, -0.2) is 4.79 Å². The summed E-state index contributed by atoms with van der Waals surface area (Å²) in [6.07, 6.45) is 3.84. The van der Waals surface area contributed by atoms with Crippen molar-refractivity contribution < 1.29 is 19.4 Å². The Morgan fingerprint density at radius 2 is 2.00 bits per heavy atom. The molecule has 2 rings (SSSR count). The van der Waals surface area contributed by atoms with Gasteiger partial charge in [0.25, 0.3) is 0 Å². The number of ether oxygens (including phenoxy) is 1. The van der Waals surface area contributed by atoms with Crippen LogP contribution in [0, 0.1) is 11.3 Å². The summed E-state index contributed by atoms with van der Waals surface area (Å²) in [4.78, 5) is 22.7. The second-order valence-electron chi connectivity index (χ2n) is 6.30. The van der Waals surface area contributed by atoms with Gasteiger partial charge >= 0.3 is 12.0 Å². The smallest absolute Gasteiger partial charge is 0.315 e. The van der Waals surface area contributed by atoms with Crippen LogP contribution in [0.25, 0.3) is 0 Å². The van der Waals surface area contributed by atoms with E-state index in [4.69, 9.17) is 9.84 Å². The van der Waals surface area contributed by atoms with E-state index >= 15 is 0 Å². The second kappa shape index (κ2) is 6.43. The lowest BCUT2D eigenvalue weighted by molar-refractivity contribution is -0.141. The molecule has 0 unspecified atom stereocenters. The number of urea groups is 1. The van der Waals surface area contributed by atoms with Crippen LogP contribution >= 0.6 is 0 Å². The van der Waals surface area contributed by atoms with Crippen LogP contribution < -0.4 is 10.6 Å². The summed E-state index contributed by atoms with van der Waals surface area (Å²) in [5, 5.41) is 14.7. The highest BCUT2D eigenvalue weighted by Gasteiger charge is 2.31. The van der Waals surface area contributed by atoms with E-state index in [0.717, 1.165) is 32.5 Å². The molecule has 2 fully saturated rings. The Kier molecular flexibility index (Phi) is 4.86. The van der Waals surface area contributed by atoms with Crippen LogP contribution in [-0.2, 0) is 9.53 Å². The average Bonchev–Trinajstić information content (AvgIpc) is 2.86. The van der Waals surface area contributed by atoms with Gasteiger partial charge in [-0.15, -0.1) is 0 Å². The third-order valence-electron chi connectivity index (χ3n) is 4.49. The minimum Gasteiger partial charge on any atom is -0.481 e. The highest BCUT2D eigenvalue weighted by atomic mass is 16.5. The molecule has 0 aromatic heterocycles. The van der Waals surface area contributed by atoms with Crippen LogP contribution in [0.2, 0.25) is 0 Å². The first-order chi connectivity index (χ1) is 9.48. The maximum atomic E-state index is 11.9. The number of carboxylic acids is 1. The van der Waals surface area contributed by atoms with Crippen molar-refractivity contribution in [1.82, 2.24) is 10.6 Å². The summed E-state index contributed by atoms with van der Waals surface area (Å²) < 4.78 is 5.33. The van der Waals surface area contributed by atoms with Gasteiger partial charge in [0.1, 0.15) is 0 Å². The number of hydrogen-bond acceptors (Lipinski definition) is 3.